The number of para-hydroxylation sites is 2. The Morgan fingerprint density at radius 3 is 1.58 bits per heavy atom. The Morgan fingerprint density at radius 2 is 1.23 bits per heavy atom. The molecular formula is C25H29NO5. The van der Waals surface area contributed by atoms with Gasteiger partial charge in [-0.05, 0) is 30.8 Å². The zero-order chi connectivity index (χ0) is 22.4. The van der Waals surface area contributed by atoms with Crippen molar-refractivity contribution in [3.8, 4) is 23.0 Å². The molecule has 1 aliphatic heterocycles. The number of likely N-dealkylation sites (N-methyl/N-ethyl adjacent to an activating group) is 1. The number of Topliss-reactive ketones (excluding diaryl/α,β-unsaturated/α-hetero) is 1. The molecule has 1 fully saturated rings. The lowest BCUT2D eigenvalue weighted by atomic mass is 9.94. The molecule has 0 unspecified atom stereocenters. The van der Waals surface area contributed by atoms with Crippen LogP contribution in [0.4, 0.5) is 0 Å². The van der Waals surface area contributed by atoms with Gasteiger partial charge in [-0.25, -0.2) is 0 Å². The fourth-order valence-electron chi connectivity index (χ4n) is 3.76. The van der Waals surface area contributed by atoms with E-state index in [9.17, 15) is 4.79 Å². The number of ether oxygens (including phenoxy) is 4. The van der Waals surface area contributed by atoms with E-state index in [4.69, 9.17) is 18.9 Å². The van der Waals surface area contributed by atoms with Crippen LogP contribution >= 0.6 is 0 Å². The van der Waals surface area contributed by atoms with Crippen molar-refractivity contribution in [1.82, 2.24) is 4.90 Å². The SMILES string of the molecule is CCN1C/C(=C/c2cccc(OC)c2OC)C(=O)/C(=C/c2cccc(OC)c2OC)C1. The highest BCUT2D eigenvalue weighted by Crippen LogP contribution is 2.35. The number of likely N-dealkylation sites (tertiary alicyclic amines) is 1. The van der Waals surface area contributed by atoms with E-state index in [-0.39, 0.29) is 5.78 Å². The first kappa shape index (κ1) is 22.4. The molecule has 6 heteroatoms. The van der Waals surface area contributed by atoms with Gasteiger partial charge in [0.1, 0.15) is 0 Å². The monoisotopic (exact) mass is 423 g/mol. The number of benzene rings is 2. The second-order valence-corrected chi connectivity index (χ2v) is 7.14. The molecule has 0 radical (unpaired) electrons. The molecule has 0 atom stereocenters. The van der Waals surface area contributed by atoms with Crippen LogP contribution in [0.2, 0.25) is 0 Å². The Bertz CT molecular complexity index is 931. The number of carbonyl (C=O) groups excluding carboxylic acids is 1. The van der Waals surface area contributed by atoms with Gasteiger partial charge in [0.2, 0.25) is 0 Å². The summed E-state index contributed by atoms with van der Waals surface area (Å²) in [7, 11) is 6.39. The molecule has 164 valence electrons. The van der Waals surface area contributed by atoms with E-state index in [1.165, 1.54) is 0 Å². The molecule has 2 aromatic rings. The first-order valence-corrected chi connectivity index (χ1v) is 10.2. The third-order valence-electron chi connectivity index (χ3n) is 5.34. The summed E-state index contributed by atoms with van der Waals surface area (Å²) >= 11 is 0. The van der Waals surface area contributed by atoms with Crippen LogP contribution in [0.5, 0.6) is 23.0 Å². The van der Waals surface area contributed by atoms with E-state index in [0.717, 1.165) is 17.7 Å². The van der Waals surface area contributed by atoms with Crippen molar-refractivity contribution in [3.05, 3.63) is 58.7 Å². The van der Waals surface area contributed by atoms with Gasteiger partial charge in [-0.3, -0.25) is 9.69 Å². The molecule has 1 aliphatic rings. The third kappa shape index (κ3) is 4.75. The summed E-state index contributed by atoms with van der Waals surface area (Å²) in [4.78, 5) is 15.6. The Balaban J connectivity index is 2.06. The van der Waals surface area contributed by atoms with Crippen LogP contribution in [0.15, 0.2) is 47.5 Å². The number of hydrogen-bond donors (Lipinski definition) is 0. The van der Waals surface area contributed by atoms with Crippen molar-refractivity contribution < 1.29 is 23.7 Å². The highest BCUT2D eigenvalue weighted by molar-refractivity contribution is 6.15. The molecule has 31 heavy (non-hydrogen) atoms. The molecule has 6 nitrogen and oxygen atoms in total. The summed E-state index contributed by atoms with van der Waals surface area (Å²) in [5.74, 6) is 2.49. The smallest absolute Gasteiger partial charge is 0.187 e. The fraction of sp³-hybridized carbons (Fsp3) is 0.320. The third-order valence-corrected chi connectivity index (χ3v) is 5.34. The predicted molar refractivity (Wildman–Crippen MR) is 122 cm³/mol. The van der Waals surface area contributed by atoms with Crippen molar-refractivity contribution in [1.29, 1.82) is 0 Å². The van der Waals surface area contributed by atoms with Gasteiger partial charge >= 0.3 is 0 Å². The van der Waals surface area contributed by atoms with Gasteiger partial charge in [-0.15, -0.1) is 0 Å². The first-order chi connectivity index (χ1) is 15.1. The molecular weight excluding hydrogens is 394 g/mol. The Hall–Kier alpha value is -3.25. The van der Waals surface area contributed by atoms with Crippen molar-refractivity contribution in [2.24, 2.45) is 0 Å². The standard InChI is InChI=1S/C25H29NO5/c1-6-26-15-19(13-17-9-7-11-21(28-2)24(17)30-4)23(27)20(16-26)14-18-10-8-12-22(29-3)25(18)31-5/h7-14H,6,15-16H2,1-5H3/b19-13-,20-14+. The van der Waals surface area contributed by atoms with Crippen molar-refractivity contribution in [3.63, 3.8) is 0 Å². The van der Waals surface area contributed by atoms with Crippen LogP contribution < -0.4 is 18.9 Å². The first-order valence-electron chi connectivity index (χ1n) is 10.2. The average molecular weight is 424 g/mol. The minimum atomic E-state index is 0.0134. The van der Waals surface area contributed by atoms with Crippen LogP contribution in [-0.4, -0.2) is 58.8 Å². The fourth-order valence-corrected chi connectivity index (χ4v) is 3.76. The van der Waals surface area contributed by atoms with Crippen molar-refractivity contribution in [2.45, 2.75) is 6.92 Å². The van der Waals surface area contributed by atoms with Crippen molar-refractivity contribution in [2.75, 3.05) is 48.1 Å². The van der Waals surface area contributed by atoms with Gasteiger partial charge < -0.3 is 18.9 Å². The van der Waals surface area contributed by atoms with Gasteiger partial charge in [0.05, 0.1) is 28.4 Å². The number of nitrogens with zero attached hydrogens (tertiary/aromatic N) is 1. The number of methoxy groups -OCH3 is 4. The molecule has 3 rings (SSSR count). The molecule has 0 aromatic heterocycles. The van der Waals surface area contributed by atoms with Crippen molar-refractivity contribution >= 4 is 17.9 Å². The van der Waals surface area contributed by atoms with Crippen LogP contribution in [0, 0.1) is 0 Å². The molecule has 0 N–H and O–H groups in total. The number of ketones is 1. The largest absolute Gasteiger partial charge is 0.493 e. The Morgan fingerprint density at radius 1 is 0.774 bits per heavy atom. The van der Waals surface area contributed by atoms with E-state index >= 15 is 0 Å². The van der Waals surface area contributed by atoms with Crippen LogP contribution in [0.3, 0.4) is 0 Å². The van der Waals surface area contributed by atoms with E-state index < -0.39 is 0 Å². The van der Waals surface area contributed by atoms with E-state index in [1.54, 1.807) is 28.4 Å². The number of piperidine rings is 1. The summed E-state index contributed by atoms with van der Waals surface area (Å²) < 4.78 is 21.9. The van der Waals surface area contributed by atoms with Gasteiger partial charge in [-0.2, -0.15) is 0 Å². The number of rotatable bonds is 7. The Labute approximate surface area is 183 Å². The normalized spacial score (nSPS) is 17.1. The lowest BCUT2D eigenvalue weighted by Gasteiger charge is -2.29. The number of hydrogen-bond acceptors (Lipinski definition) is 6. The lowest BCUT2D eigenvalue weighted by molar-refractivity contribution is -0.113. The van der Waals surface area contributed by atoms with Gasteiger partial charge in [0.25, 0.3) is 0 Å². The van der Waals surface area contributed by atoms with Crippen LogP contribution in [0.1, 0.15) is 18.1 Å². The summed E-state index contributed by atoms with van der Waals surface area (Å²) in [5.41, 5.74) is 3.02. The minimum Gasteiger partial charge on any atom is -0.493 e. The minimum absolute atomic E-state index is 0.0134. The summed E-state index contributed by atoms with van der Waals surface area (Å²) in [5, 5.41) is 0. The van der Waals surface area contributed by atoms with Crippen LogP contribution in [0.25, 0.3) is 12.2 Å². The Kier molecular flexibility index (Phi) is 7.36. The van der Waals surface area contributed by atoms with E-state index in [2.05, 4.69) is 11.8 Å². The molecule has 1 heterocycles. The second kappa shape index (κ2) is 10.2. The number of carbonyl (C=O) groups is 1. The molecule has 1 saturated heterocycles. The summed E-state index contributed by atoms with van der Waals surface area (Å²) in [6, 6.07) is 11.3. The quantitative estimate of drug-likeness (QED) is 0.625. The van der Waals surface area contributed by atoms with Gasteiger partial charge in [0, 0.05) is 35.4 Å². The molecule has 0 spiro atoms. The molecule has 0 aliphatic carbocycles. The lowest BCUT2D eigenvalue weighted by Crippen LogP contribution is -2.37. The average Bonchev–Trinajstić information content (AvgIpc) is 2.80. The molecule has 0 amide bonds. The zero-order valence-electron chi connectivity index (χ0n) is 18.7. The maximum absolute atomic E-state index is 13.4. The van der Waals surface area contributed by atoms with Crippen LogP contribution in [-0.2, 0) is 4.79 Å². The van der Waals surface area contributed by atoms with Gasteiger partial charge in [0.15, 0.2) is 28.8 Å². The van der Waals surface area contributed by atoms with Gasteiger partial charge in [-0.1, -0.05) is 31.2 Å². The maximum atomic E-state index is 13.4. The van der Waals surface area contributed by atoms with E-state index in [0.29, 0.717) is 47.2 Å². The molecule has 0 bridgehead atoms. The second-order valence-electron chi connectivity index (χ2n) is 7.14. The van der Waals surface area contributed by atoms with E-state index in [1.807, 2.05) is 48.6 Å². The summed E-state index contributed by atoms with van der Waals surface area (Å²) in [6.45, 7) is 4.06. The highest BCUT2D eigenvalue weighted by Gasteiger charge is 2.26. The predicted octanol–water partition coefficient (Wildman–Crippen LogP) is 4.09. The zero-order valence-corrected chi connectivity index (χ0v) is 18.7. The topological polar surface area (TPSA) is 57.2 Å². The summed E-state index contributed by atoms with van der Waals surface area (Å²) in [6.07, 6.45) is 3.78. The molecule has 2 aromatic carbocycles. The maximum Gasteiger partial charge on any atom is 0.187 e. The highest BCUT2D eigenvalue weighted by atomic mass is 16.5. The molecule has 0 saturated carbocycles.